The number of likely N-dealkylation sites (N-methyl/N-ethyl adjacent to an activating group) is 1. The summed E-state index contributed by atoms with van der Waals surface area (Å²) < 4.78 is 5.83. The minimum absolute atomic E-state index is 0.131. The zero-order valence-electron chi connectivity index (χ0n) is 16.5. The third kappa shape index (κ3) is 6.02. The number of oxazole rings is 1. The number of rotatable bonds is 8. The molecule has 1 heterocycles. The number of hydrogen-bond donors (Lipinski definition) is 2. The standard InChI is InChI=1S/C22H24N4O3/c1-3-26(15-22-23-13-20(29-22)17-7-5-4-6-8-17)14-21(28)25-19-11-9-18(10-12-19)24-16(2)27/h4-13H,3,14-15H2,1-2H3,(H,24,27)(H,25,28). The lowest BCUT2D eigenvalue weighted by Gasteiger charge is -2.18. The summed E-state index contributed by atoms with van der Waals surface area (Å²) >= 11 is 0. The van der Waals surface area contributed by atoms with Gasteiger partial charge in [0.15, 0.2) is 5.76 Å². The fourth-order valence-electron chi connectivity index (χ4n) is 2.83. The van der Waals surface area contributed by atoms with Gasteiger partial charge in [-0.1, -0.05) is 37.3 Å². The van der Waals surface area contributed by atoms with E-state index in [0.717, 1.165) is 5.56 Å². The fourth-order valence-corrected chi connectivity index (χ4v) is 2.83. The Kier molecular flexibility index (Phi) is 6.76. The van der Waals surface area contributed by atoms with E-state index in [4.69, 9.17) is 4.42 Å². The monoisotopic (exact) mass is 392 g/mol. The first kappa shape index (κ1) is 20.3. The number of carbonyl (C=O) groups excluding carboxylic acids is 2. The van der Waals surface area contributed by atoms with Crippen molar-refractivity contribution in [2.45, 2.75) is 20.4 Å². The van der Waals surface area contributed by atoms with Gasteiger partial charge in [-0.05, 0) is 30.8 Å². The van der Waals surface area contributed by atoms with Gasteiger partial charge in [0.05, 0.1) is 19.3 Å². The molecule has 150 valence electrons. The number of aromatic nitrogens is 1. The smallest absolute Gasteiger partial charge is 0.238 e. The van der Waals surface area contributed by atoms with Crippen LogP contribution in [0.25, 0.3) is 11.3 Å². The molecular weight excluding hydrogens is 368 g/mol. The lowest BCUT2D eigenvalue weighted by molar-refractivity contribution is -0.117. The normalized spacial score (nSPS) is 10.7. The molecule has 7 heteroatoms. The molecule has 3 aromatic rings. The Hall–Kier alpha value is -3.45. The van der Waals surface area contributed by atoms with Crippen LogP contribution in [-0.2, 0) is 16.1 Å². The first-order valence-electron chi connectivity index (χ1n) is 9.43. The molecule has 2 aromatic carbocycles. The van der Waals surface area contributed by atoms with E-state index in [2.05, 4.69) is 15.6 Å². The van der Waals surface area contributed by atoms with Crippen LogP contribution >= 0.6 is 0 Å². The van der Waals surface area contributed by atoms with E-state index in [-0.39, 0.29) is 18.4 Å². The molecule has 2 amide bonds. The molecule has 0 aliphatic carbocycles. The summed E-state index contributed by atoms with van der Waals surface area (Å²) in [4.78, 5) is 29.7. The molecule has 0 bridgehead atoms. The summed E-state index contributed by atoms with van der Waals surface area (Å²) in [6.45, 7) is 4.77. The van der Waals surface area contributed by atoms with Crippen LogP contribution in [0.2, 0.25) is 0 Å². The molecule has 0 atom stereocenters. The van der Waals surface area contributed by atoms with Crippen molar-refractivity contribution < 1.29 is 14.0 Å². The van der Waals surface area contributed by atoms with Gasteiger partial charge in [0.2, 0.25) is 17.7 Å². The number of hydrogen-bond acceptors (Lipinski definition) is 5. The number of benzene rings is 2. The van der Waals surface area contributed by atoms with E-state index in [1.165, 1.54) is 6.92 Å². The van der Waals surface area contributed by atoms with Crippen LogP contribution in [0.1, 0.15) is 19.7 Å². The number of amides is 2. The van der Waals surface area contributed by atoms with Gasteiger partial charge >= 0.3 is 0 Å². The summed E-state index contributed by atoms with van der Waals surface area (Å²) in [7, 11) is 0. The van der Waals surface area contributed by atoms with Crippen LogP contribution in [0.15, 0.2) is 65.2 Å². The maximum atomic E-state index is 12.4. The summed E-state index contributed by atoms with van der Waals surface area (Å²) in [6.07, 6.45) is 1.70. The molecule has 0 saturated carbocycles. The third-order valence-electron chi connectivity index (χ3n) is 4.27. The number of carbonyl (C=O) groups is 2. The Labute approximate surface area is 169 Å². The summed E-state index contributed by atoms with van der Waals surface area (Å²) in [6, 6.07) is 16.8. The molecule has 0 saturated heterocycles. The minimum atomic E-state index is -0.137. The van der Waals surface area contributed by atoms with Crippen molar-refractivity contribution in [3.05, 3.63) is 66.7 Å². The van der Waals surface area contributed by atoms with Crippen molar-refractivity contribution in [1.29, 1.82) is 0 Å². The number of anilines is 2. The Bertz CT molecular complexity index is 952. The molecule has 0 fully saturated rings. The average molecular weight is 392 g/mol. The maximum Gasteiger partial charge on any atom is 0.238 e. The molecular formula is C22H24N4O3. The Morgan fingerprint density at radius 2 is 1.66 bits per heavy atom. The molecule has 1 aromatic heterocycles. The van der Waals surface area contributed by atoms with Crippen molar-refractivity contribution >= 4 is 23.2 Å². The molecule has 0 aliphatic heterocycles. The summed E-state index contributed by atoms with van der Waals surface area (Å²) in [5, 5.41) is 5.55. The second-order valence-electron chi connectivity index (χ2n) is 6.59. The highest BCUT2D eigenvalue weighted by atomic mass is 16.4. The van der Waals surface area contributed by atoms with Crippen LogP contribution < -0.4 is 10.6 Å². The van der Waals surface area contributed by atoms with Gasteiger partial charge in [-0.25, -0.2) is 4.98 Å². The van der Waals surface area contributed by atoms with Crippen LogP contribution in [0.3, 0.4) is 0 Å². The van der Waals surface area contributed by atoms with Crippen LogP contribution in [0.4, 0.5) is 11.4 Å². The van der Waals surface area contributed by atoms with E-state index in [0.29, 0.717) is 36.1 Å². The van der Waals surface area contributed by atoms with E-state index < -0.39 is 0 Å². The zero-order chi connectivity index (χ0) is 20.6. The van der Waals surface area contributed by atoms with Gasteiger partial charge in [-0.2, -0.15) is 0 Å². The Balaban J connectivity index is 1.55. The molecule has 0 unspecified atom stereocenters. The van der Waals surface area contributed by atoms with Gasteiger partial charge in [-0.3, -0.25) is 14.5 Å². The van der Waals surface area contributed by atoms with Gasteiger partial charge < -0.3 is 15.1 Å². The summed E-state index contributed by atoms with van der Waals surface area (Å²) in [5.41, 5.74) is 2.32. The predicted octanol–water partition coefficient (Wildman–Crippen LogP) is 3.76. The van der Waals surface area contributed by atoms with E-state index in [9.17, 15) is 9.59 Å². The largest absolute Gasteiger partial charge is 0.439 e. The van der Waals surface area contributed by atoms with Gasteiger partial charge in [0.1, 0.15) is 0 Å². The third-order valence-corrected chi connectivity index (χ3v) is 4.27. The Morgan fingerprint density at radius 1 is 1.00 bits per heavy atom. The first-order valence-corrected chi connectivity index (χ1v) is 9.43. The number of nitrogens with one attached hydrogen (secondary N) is 2. The number of nitrogens with zero attached hydrogens (tertiary/aromatic N) is 2. The second kappa shape index (κ2) is 9.66. The van der Waals surface area contributed by atoms with Crippen LogP contribution in [0.5, 0.6) is 0 Å². The SMILES string of the molecule is CCN(CC(=O)Nc1ccc(NC(C)=O)cc1)Cc1ncc(-c2ccccc2)o1. The predicted molar refractivity (Wildman–Crippen MR) is 112 cm³/mol. The minimum Gasteiger partial charge on any atom is -0.439 e. The van der Waals surface area contributed by atoms with Crippen LogP contribution in [-0.4, -0.2) is 34.8 Å². The van der Waals surface area contributed by atoms with Gasteiger partial charge in [0.25, 0.3) is 0 Å². The lowest BCUT2D eigenvalue weighted by Crippen LogP contribution is -2.32. The first-order chi connectivity index (χ1) is 14.0. The van der Waals surface area contributed by atoms with Gasteiger partial charge in [-0.15, -0.1) is 0 Å². The highest BCUT2D eigenvalue weighted by Gasteiger charge is 2.14. The highest BCUT2D eigenvalue weighted by Crippen LogP contribution is 2.20. The second-order valence-corrected chi connectivity index (χ2v) is 6.59. The molecule has 0 aliphatic rings. The zero-order valence-corrected chi connectivity index (χ0v) is 16.5. The lowest BCUT2D eigenvalue weighted by atomic mass is 10.2. The topological polar surface area (TPSA) is 87.5 Å². The average Bonchev–Trinajstić information content (AvgIpc) is 3.18. The van der Waals surface area contributed by atoms with Crippen molar-refractivity contribution in [2.24, 2.45) is 0 Å². The van der Waals surface area contributed by atoms with Crippen molar-refractivity contribution in [3.63, 3.8) is 0 Å². The van der Waals surface area contributed by atoms with E-state index >= 15 is 0 Å². The van der Waals surface area contributed by atoms with Crippen LogP contribution in [0, 0.1) is 0 Å². The molecule has 29 heavy (non-hydrogen) atoms. The quantitative estimate of drug-likeness (QED) is 0.609. The van der Waals surface area contributed by atoms with E-state index in [1.807, 2.05) is 42.2 Å². The molecule has 2 N–H and O–H groups in total. The molecule has 7 nitrogen and oxygen atoms in total. The van der Waals surface area contributed by atoms with E-state index in [1.54, 1.807) is 30.5 Å². The van der Waals surface area contributed by atoms with Crippen molar-refractivity contribution in [1.82, 2.24) is 9.88 Å². The molecule has 0 radical (unpaired) electrons. The van der Waals surface area contributed by atoms with Crippen molar-refractivity contribution in [2.75, 3.05) is 23.7 Å². The summed E-state index contributed by atoms with van der Waals surface area (Å²) in [5.74, 6) is 1.01. The van der Waals surface area contributed by atoms with Crippen molar-refractivity contribution in [3.8, 4) is 11.3 Å². The molecule has 0 spiro atoms. The van der Waals surface area contributed by atoms with Gasteiger partial charge in [0, 0.05) is 23.9 Å². The fraction of sp³-hybridized carbons (Fsp3) is 0.227. The highest BCUT2D eigenvalue weighted by molar-refractivity contribution is 5.93. The maximum absolute atomic E-state index is 12.4. The Morgan fingerprint density at radius 3 is 2.28 bits per heavy atom. The molecule has 3 rings (SSSR count).